The van der Waals surface area contributed by atoms with Gasteiger partial charge in [-0.1, -0.05) is 42.5 Å². The molecule has 8 nitrogen and oxygen atoms in total. The second kappa shape index (κ2) is 10.1. The van der Waals surface area contributed by atoms with E-state index in [0.29, 0.717) is 18.7 Å². The van der Waals surface area contributed by atoms with Crippen LogP contribution in [0, 0.1) is 0 Å². The molecule has 0 aromatic heterocycles. The first kappa shape index (κ1) is 24.0. The Morgan fingerprint density at radius 2 is 1.74 bits per heavy atom. The van der Waals surface area contributed by atoms with Crippen LogP contribution in [0.1, 0.15) is 30.0 Å². The molecular weight excluding hydrogens is 464 g/mol. The largest absolute Gasteiger partial charge is 0.497 e. The molecule has 2 aromatic carbocycles. The van der Waals surface area contributed by atoms with Gasteiger partial charge < -0.3 is 4.74 Å². The van der Waals surface area contributed by atoms with E-state index in [2.05, 4.69) is 9.80 Å². The fourth-order valence-corrected chi connectivity index (χ4v) is 7.01. The van der Waals surface area contributed by atoms with Gasteiger partial charge in [0, 0.05) is 38.6 Å². The Labute approximate surface area is 207 Å². The summed E-state index contributed by atoms with van der Waals surface area (Å²) in [5.41, 5.74) is 2.97. The van der Waals surface area contributed by atoms with Crippen molar-refractivity contribution in [2.24, 2.45) is 5.10 Å². The quantitative estimate of drug-likeness (QED) is 0.610. The van der Waals surface area contributed by atoms with Crippen molar-refractivity contribution < 1.29 is 17.9 Å². The highest BCUT2D eigenvalue weighted by Gasteiger charge is 2.36. The summed E-state index contributed by atoms with van der Waals surface area (Å²) in [5.74, 6) is 1.32. The van der Waals surface area contributed by atoms with Gasteiger partial charge in [0.25, 0.3) is 5.91 Å². The van der Waals surface area contributed by atoms with Gasteiger partial charge in [0.15, 0.2) is 9.84 Å². The third-order valence-electron chi connectivity index (χ3n) is 7.26. The van der Waals surface area contributed by atoms with Gasteiger partial charge in [-0.25, -0.2) is 13.4 Å². The Morgan fingerprint density at radius 3 is 2.37 bits per heavy atom. The molecule has 9 heteroatoms. The first-order valence-electron chi connectivity index (χ1n) is 12.2. The molecule has 5 rings (SSSR count). The molecule has 3 aliphatic rings. The number of sulfone groups is 1. The number of hydrogen-bond acceptors (Lipinski definition) is 7. The fourth-order valence-electron chi connectivity index (χ4n) is 5.24. The molecule has 0 spiro atoms. The summed E-state index contributed by atoms with van der Waals surface area (Å²) in [5, 5.41) is 6.44. The topological polar surface area (TPSA) is 82.5 Å². The molecule has 0 aliphatic carbocycles. The van der Waals surface area contributed by atoms with Crippen LogP contribution in [-0.2, 0) is 14.6 Å². The number of carbonyl (C=O) groups excluding carboxylic acids is 1. The van der Waals surface area contributed by atoms with Gasteiger partial charge in [-0.15, -0.1) is 0 Å². The van der Waals surface area contributed by atoms with Crippen LogP contribution in [-0.4, -0.2) is 92.2 Å². The van der Waals surface area contributed by atoms with Gasteiger partial charge >= 0.3 is 0 Å². The fraction of sp³-hybridized carbons (Fsp3) is 0.462. The highest BCUT2D eigenvalue weighted by atomic mass is 32.2. The summed E-state index contributed by atoms with van der Waals surface area (Å²) in [6.07, 6.45) is 1.38. The summed E-state index contributed by atoms with van der Waals surface area (Å²) in [6, 6.07) is 17.8. The summed E-state index contributed by atoms with van der Waals surface area (Å²) in [7, 11) is -1.25. The first-order chi connectivity index (χ1) is 16.9. The van der Waals surface area contributed by atoms with Crippen LogP contribution in [0.4, 0.5) is 0 Å². The SMILES string of the molecule is COc1ccc([C@H]2CC(c3ccccc3)=NN2C(=O)CN2CCN([C@@H]3CCS(=O)(=O)C3)CC2)cc1. The molecule has 1 amide bonds. The summed E-state index contributed by atoms with van der Waals surface area (Å²) in [4.78, 5) is 17.9. The molecule has 35 heavy (non-hydrogen) atoms. The molecule has 2 atom stereocenters. The predicted molar refractivity (Wildman–Crippen MR) is 135 cm³/mol. The molecule has 186 valence electrons. The molecule has 0 bridgehead atoms. The van der Waals surface area contributed by atoms with E-state index in [1.807, 2.05) is 54.6 Å². The summed E-state index contributed by atoms with van der Waals surface area (Å²) < 4.78 is 29.0. The van der Waals surface area contributed by atoms with Gasteiger partial charge in [0.1, 0.15) is 5.75 Å². The van der Waals surface area contributed by atoms with E-state index in [4.69, 9.17) is 9.84 Å². The van der Waals surface area contributed by atoms with Crippen LogP contribution < -0.4 is 4.74 Å². The number of carbonyl (C=O) groups is 1. The number of piperazine rings is 1. The van der Waals surface area contributed by atoms with Crippen LogP contribution in [0.15, 0.2) is 59.7 Å². The van der Waals surface area contributed by atoms with Crippen LogP contribution in [0.5, 0.6) is 5.75 Å². The maximum absolute atomic E-state index is 13.5. The van der Waals surface area contributed by atoms with Crippen molar-refractivity contribution >= 4 is 21.5 Å². The van der Waals surface area contributed by atoms with Gasteiger partial charge in [0.2, 0.25) is 0 Å². The molecule has 3 aliphatic heterocycles. The first-order valence-corrected chi connectivity index (χ1v) is 14.0. The minimum absolute atomic E-state index is 0.0198. The number of ether oxygens (including phenoxy) is 1. The maximum Gasteiger partial charge on any atom is 0.257 e. The van der Waals surface area contributed by atoms with Crippen molar-refractivity contribution in [2.45, 2.75) is 24.9 Å². The lowest BCUT2D eigenvalue weighted by Gasteiger charge is -2.37. The van der Waals surface area contributed by atoms with Gasteiger partial charge in [-0.3, -0.25) is 14.6 Å². The number of hydrogen-bond donors (Lipinski definition) is 0. The predicted octanol–water partition coefficient (Wildman–Crippen LogP) is 2.18. The van der Waals surface area contributed by atoms with E-state index < -0.39 is 9.84 Å². The van der Waals surface area contributed by atoms with Crippen LogP contribution >= 0.6 is 0 Å². The average Bonchev–Trinajstić information content (AvgIpc) is 3.49. The molecule has 2 saturated heterocycles. The van der Waals surface area contributed by atoms with E-state index in [9.17, 15) is 13.2 Å². The van der Waals surface area contributed by atoms with E-state index in [0.717, 1.165) is 55.2 Å². The van der Waals surface area contributed by atoms with Gasteiger partial charge in [0.05, 0.1) is 36.9 Å². The lowest BCUT2D eigenvalue weighted by molar-refractivity contribution is -0.134. The Morgan fingerprint density at radius 1 is 1.03 bits per heavy atom. The minimum Gasteiger partial charge on any atom is -0.497 e. The summed E-state index contributed by atoms with van der Waals surface area (Å²) in [6.45, 7) is 3.37. The lowest BCUT2D eigenvalue weighted by Crippen LogP contribution is -2.52. The number of hydrazone groups is 1. The van der Waals surface area contributed by atoms with Crippen molar-refractivity contribution in [1.82, 2.24) is 14.8 Å². The molecule has 0 N–H and O–H groups in total. The molecule has 0 saturated carbocycles. The maximum atomic E-state index is 13.5. The molecule has 0 unspecified atom stereocenters. The van der Waals surface area contributed by atoms with Crippen molar-refractivity contribution in [3.8, 4) is 5.75 Å². The van der Waals surface area contributed by atoms with Crippen LogP contribution in [0.25, 0.3) is 0 Å². The molecule has 2 aromatic rings. The average molecular weight is 497 g/mol. The highest BCUT2D eigenvalue weighted by Crippen LogP contribution is 2.33. The number of benzene rings is 2. The Kier molecular flexibility index (Phi) is 6.91. The smallest absolute Gasteiger partial charge is 0.257 e. The molecule has 3 heterocycles. The Hall–Kier alpha value is -2.75. The third-order valence-corrected chi connectivity index (χ3v) is 9.01. The number of rotatable bonds is 6. The summed E-state index contributed by atoms with van der Waals surface area (Å²) >= 11 is 0. The zero-order chi connectivity index (χ0) is 24.4. The van der Waals surface area contributed by atoms with E-state index in [1.54, 1.807) is 12.1 Å². The minimum atomic E-state index is -2.89. The van der Waals surface area contributed by atoms with Crippen molar-refractivity contribution in [1.29, 1.82) is 0 Å². The monoisotopic (exact) mass is 496 g/mol. The molecule has 2 fully saturated rings. The zero-order valence-electron chi connectivity index (χ0n) is 20.0. The van der Waals surface area contributed by atoms with Gasteiger partial charge in [-0.05, 0) is 29.7 Å². The normalized spacial score (nSPS) is 24.9. The lowest BCUT2D eigenvalue weighted by atomic mass is 9.98. The number of nitrogens with zero attached hydrogens (tertiary/aromatic N) is 4. The zero-order valence-corrected chi connectivity index (χ0v) is 20.9. The highest BCUT2D eigenvalue weighted by molar-refractivity contribution is 7.91. The number of methoxy groups -OCH3 is 1. The third kappa shape index (κ3) is 5.42. The van der Waals surface area contributed by atoms with Crippen molar-refractivity contribution in [3.63, 3.8) is 0 Å². The molecule has 0 radical (unpaired) electrons. The molecular formula is C26H32N4O4S. The van der Waals surface area contributed by atoms with E-state index in [1.165, 1.54) is 0 Å². The second-order valence-electron chi connectivity index (χ2n) is 9.51. The van der Waals surface area contributed by atoms with Crippen LogP contribution in [0.3, 0.4) is 0 Å². The Bertz CT molecular complexity index is 1180. The standard InChI is InChI=1S/C26H32N4O4S/c1-34-23-9-7-21(8-10-23)25-17-24(20-5-3-2-4-6-20)27-30(25)26(31)18-28-12-14-29(15-13-28)22-11-16-35(32,33)19-22/h2-10,22,25H,11-19H2,1H3/t22-,25-/m1/s1. The van der Waals surface area contributed by atoms with E-state index in [-0.39, 0.29) is 23.7 Å². The Balaban J connectivity index is 1.27. The van der Waals surface area contributed by atoms with Crippen molar-refractivity contribution in [2.75, 3.05) is 51.3 Å². The van der Waals surface area contributed by atoms with Gasteiger partial charge in [-0.2, -0.15) is 5.10 Å². The van der Waals surface area contributed by atoms with E-state index >= 15 is 0 Å². The van der Waals surface area contributed by atoms with Crippen LogP contribution in [0.2, 0.25) is 0 Å². The second-order valence-corrected chi connectivity index (χ2v) is 11.7. The number of amides is 1. The van der Waals surface area contributed by atoms with Crippen molar-refractivity contribution in [3.05, 3.63) is 65.7 Å².